The van der Waals surface area contributed by atoms with Gasteiger partial charge in [0.15, 0.2) is 6.61 Å². The Morgan fingerprint density at radius 1 is 1.12 bits per heavy atom. The van der Waals surface area contributed by atoms with Crippen LogP contribution in [-0.4, -0.2) is 49.8 Å². The quantitative estimate of drug-likeness (QED) is 0.760. The summed E-state index contributed by atoms with van der Waals surface area (Å²) >= 11 is 0. The van der Waals surface area contributed by atoms with Crippen molar-refractivity contribution in [2.45, 2.75) is 49.1 Å². The van der Waals surface area contributed by atoms with Gasteiger partial charge in [0.1, 0.15) is 6.04 Å². The van der Waals surface area contributed by atoms with Crippen LogP contribution in [0.1, 0.15) is 32.1 Å². The Balaban J connectivity index is 1.67. The van der Waals surface area contributed by atoms with E-state index in [1.54, 1.807) is 18.2 Å². The Morgan fingerprint density at radius 3 is 2.52 bits per heavy atom. The lowest BCUT2D eigenvalue weighted by molar-refractivity contribution is -0.153. The van der Waals surface area contributed by atoms with Gasteiger partial charge in [-0.15, -0.1) is 0 Å². The molecule has 3 rings (SSSR count). The lowest BCUT2D eigenvalue weighted by atomic mass is 10.1. The minimum atomic E-state index is -3.77. The first-order valence-corrected chi connectivity index (χ1v) is 9.95. The van der Waals surface area contributed by atoms with Crippen molar-refractivity contribution in [2.24, 2.45) is 0 Å². The molecule has 2 aliphatic rings. The molecule has 0 radical (unpaired) electrons. The molecule has 0 aromatic heterocycles. The second kappa shape index (κ2) is 7.53. The van der Waals surface area contributed by atoms with Gasteiger partial charge in [0.05, 0.1) is 4.90 Å². The minimum absolute atomic E-state index is 0.154. The molecular weight excluding hydrogens is 344 g/mol. The molecule has 136 valence electrons. The number of nitrogens with zero attached hydrogens (tertiary/aromatic N) is 1. The molecule has 1 atom stereocenters. The maximum Gasteiger partial charge on any atom is 0.324 e. The largest absolute Gasteiger partial charge is 0.454 e. The monoisotopic (exact) mass is 366 g/mol. The first-order chi connectivity index (χ1) is 12.0. The maximum absolute atomic E-state index is 12.8. The van der Waals surface area contributed by atoms with E-state index in [0.29, 0.717) is 12.8 Å². The van der Waals surface area contributed by atoms with Crippen LogP contribution in [0.3, 0.4) is 0 Å². The normalized spacial score (nSPS) is 21.5. The number of amides is 1. The second-order valence-electron chi connectivity index (χ2n) is 6.39. The number of hydrogen-bond donors (Lipinski definition) is 1. The number of ether oxygens (including phenoxy) is 1. The summed E-state index contributed by atoms with van der Waals surface area (Å²) in [6.45, 7) is -0.101. The van der Waals surface area contributed by atoms with Crippen molar-refractivity contribution in [3.63, 3.8) is 0 Å². The Morgan fingerprint density at radius 2 is 1.84 bits per heavy atom. The van der Waals surface area contributed by atoms with Gasteiger partial charge in [-0.25, -0.2) is 8.42 Å². The topological polar surface area (TPSA) is 92.8 Å². The third-order valence-corrected chi connectivity index (χ3v) is 6.29. The van der Waals surface area contributed by atoms with E-state index in [9.17, 15) is 18.0 Å². The van der Waals surface area contributed by atoms with Gasteiger partial charge in [0.25, 0.3) is 5.91 Å². The highest BCUT2D eigenvalue weighted by Crippen LogP contribution is 2.26. The number of carbonyl (C=O) groups excluding carboxylic acids is 2. The zero-order chi connectivity index (χ0) is 17.9. The van der Waals surface area contributed by atoms with E-state index in [0.717, 1.165) is 19.3 Å². The van der Waals surface area contributed by atoms with Crippen molar-refractivity contribution in [2.75, 3.05) is 13.2 Å². The van der Waals surface area contributed by atoms with Crippen molar-refractivity contribution < 1.29 is 22.7 Å². The molecule has 7 nitrogen and oxygen atoms in total. The highest BCUT2D eigenvalue weighted by Gasteiger charge is 2.38. The molecule has 1 N–H and O–H groups in total. The van der Waals surface area contributed by atoms with Crippen molar-refractivity contribution in [1.29, 1.82) is 0 Å². The lowest BCUT2D eigenvalue weighted by Gasteiger charge is -2.32. The van der Waals surface area contributed by atoms with Crippen LogP contribution in [0.15, 0.2) is 35.2 Å². The van der Waals surface area contributed by atoms with Crippen LogP contribution in [0.5, 0.6) is 0 Å². The van der Waals surface area contributed by atoms with Gasteiger partial charge in [-0.1, -0.05) is 18.2 Å². The van der Waals surface area contributed by atoms with Crippen LogP contribution in [0.2, 0.25) is 0 Å². The number of piperidine rings is 1. The molecule has 1 saturated heterocycles. The van der Waals surface area contributed by atoms with Gasteiger partial charge < -0.3 is 10.1 Å². The van der Waals surface area contributed by atoms with Crippen LogP contribution >= 0.6 is 0 Å². The predicted molar refractivity (Wildman–Crippen MR) is 90.1 cm³/mol. The SMILES string of the molecule is O=C(COC(=O)[C@@H]1CCCCN1S(=O)(=O)c1ccccc1)NC1CC1. The first kappa shape index (κ1) is 17.9. The van der Waals surface area contributed by atoms with Gasteiger partial charge in [-0.2, -0.15) is 4.31 Å². The Hall–Kier alpha value is -1.93. The van der Waals surface area contributed by atoms with E-state index in [-0.39, 0.29) is 30.0 Å². The van der Waals surface area contributed by atoms with Gasteiger partial charge in [-0.05, 0) is 44.2 Å². The Labute approximate surface area is 147 Å². The number of rotatable bonds is 6. The summed E-state index contributed by atoms with van der Waals surface area (Å²) in [6.07, 6.45) is 3.73. The maximum atomic E-state index is 12.8. The summed E-state index contributed by atoms with van der Waals surface area (Å²) in [7, 11) is -3.77. The third-order valence-electron chi connectivity index (χ3n) is 4.36. The summed E-state index contributed by atoms with van der Waals surface area (Å²) in [6, 6.07) is 7.35. The van der Waals surface area contributed by atoms with E-state index in [4.69, 9.17) is 4.74 Å². The summed E-state index contributed by atoms with van der Waals surface area (Å²) in [5, 5.41) is 2.73. The van der Waals surface area contributed by atoms with Gasteiger partial charge >= 0.3 is 5.97 Å². The summed E-state index contributed by atoms with van der Waals surface area (Å²) in [4.78, 5) is 24.2. The zero-order valence-electron chi connectivity index (χ0n) is 13.9. The molecule has 1 aromatic carbocycles. The number of hydrogen-bond acceptors (Lipinski definition) is 5. The molecule has 1 aliphatic heterocycles. The van der Waals surface area contributed by atoms with Crippen molar-refractivity contribution in [3.05, 3.63) is 30.3 Å². The zero-order valence-corrected chi connectivity index (χ0v) is 14.7. The molecule has 25 heavy (non-hydrogen) atoms. The molecule has 0 spiro atoms. The Bertz CT molecular complexity index is 731. The fourth-order valence-electron chi connectivity index (χ4n) is 2.89. The summed E-state index contributed by atoms with van der Waals surface area (Å²) in [5.41, 5.74) is 0. The predicted octanol–water partition coefficient (Wildman–Crippen LogP) is 1.05. The van der Waals surface area contributed by atoms with Crippen LogP contribution in [0.25, 0.3) is 0 Å². The van der Waals surface area contributed by atoms with E-state index >= 15 is 0 Å². The molecule has 0 bridgehead atoms. The van der Waals surface area contributed by atoms with Crippen molar-refractivity contribution in [3.8, 4) is 0 Å². The van der Waals surface area contributed by atoms with Gasteiger partial charge in [0, 0.05) is 12.6 Å². The molecule has 1 aliphatic carbocycles. The fourth-order valence-corrected chi connectivity index (χ4v) is 4.55. The van der Waals surface area contributed by atoms with Crippen LogP contribution in [0, 0.1) is 0 Å². The standard InChI is InChI=1S/C17H22N2O5S/c20-16(18-13-9-10-13)12-24-17(21)15-8-4-5-11-19(15)25(22,23)14-6-2-1-3-7-14/h1-3,6-7,13,15H,4-5,8-12H2,(H,18,20)/t15-/m0/s1. The van der Waals surface area contributed by atoms with Crippen LogP contribution < -0.4 is 5.32 Å². The van der Waals surface area contributed by atoms with E-state index in [1.807, 2.05) is 0 Å². The number of nitrogens with one attached hydrogen (secondary N) is 1. The molecule has 2 fully saturated rings. The smallest absolute Gasteiger partial charge is 0.324 e. The molecule has 0 unspecified atom stereocenters. The van der Waals surface area contributed by atoms with Crippen molar-refractivity contribution >= 4 is 21.9 Å². The highest BCUT2D eigenvalue weighted by atomic mass is 32.2. The number of carbonyl (C=O) groups is 2. The number of esters is 1. The average Bonchev–Trinajstić information content (AvgIpc) is 3.44. The minimum Gasteiger partial charge on any atom is -0.454 e. The van der Waals surface area contributed by atoms with E-state index < -0.39 is 22.0 Å². The molecule has 1 aromatic rings. The summed E-state index contributed by atoms with van der Waals surface area (Å²) in [5.74, 6) is -1.01. The molecule has 1 saturated carbocycles. The number of benzene rings is 1. The highest BCUT2D eigenvalue weighted by molar-refractivity contribution is 7.89. The molecule has 1 amide bonds. The van der Waals surface area contributed by atoms with Crippen molar-refractivity contribution in [1.82, 2.24) is 9.62 Å². The number of sulfonamides is 1. The average molecular weight is 366 g/mol. The molecule has 8 heteroatoms. The lowest BCUT2D eigenvalue weighted by Crippen LogP contribution is -2.49. The summed E-state index contributed by atoms with van der Waals surface area (Å²) < 4.78 is 31.9. The van der Waals surface area contributed by atoms with Crippen LogP contribution in [0.4, 0.5) is 0 Å². The van der Waals surface area contributed by atoms with E-state index in [2.05, 4.69) is 5.32 Å². The van der Waals surface area contributed by atoms with E-state index in [1.165, 1.54) is 16.4 Å². The third kappa shape index (κ3) is 4.38. The van der Waals surface area contributed by atoms with Gasteiger partial charge in [0.2, 0.25) is 10.0 Å². The van der Waals surface area contributed by atoms with Crippen LogP contribution in [-0.2, 0) is 24.3 Å². The molecular formula is C17H22N2O5S. The van der Waals surface area contributed by atoms with Gasteiger partial charge in [-0.3, -0.25) is 9.59 Å². The second-order valence-corrected chi connectivity index (χ2v) is 8.28. The Kier molecular flexibility index (Phi) is 5.39. The first-order valence-electron chi connectivity index (χ1n) is 8.51. The molecule has 1 heterocycles. The fraction of sp³-hybridized carbons (Fsp3) is 0.529.